The minimum atomic E-state index is -4.27. The third kappa shape index (κ3) is 3.83. The van der Waals surface area contributed by atoms with E-state index in [2.05, 4.69) is 10.3 Å². The number of hydrogen-bond donors (Lipinski definition) is 2. The molecule has 2 amide bonds. The van der Waals surface area contributed by atoms with Gasteiger partial charge >= 0.3 is 0 Å². The summed E-state index contributed by atoms with van der Waals surface area (Å²) in [5, 5.41) is 2.74. The number of pyridine rings is 1. The molecule has 2 N–H and O–H groups in total. The van der Waals surface area contributed by atoms with Gasteiger partial charge in [-0.2, -0.15) is 0 Å². The Morgan fingerprint density at radius 1 is 1.08 bits per heavy atom. The van der Waals surface area contributed by atoms with E-state index in [9.17, 15) is 18.0 Å². The van der Waals surface area contributed by atoms with Gasteiger partial charge in [0.15, 0.2) is 0 Å². The number of nitrogens with one attached hydrogen (secondary N) is 2. The van der Waals surface area contributed by atoms with Crippen molar-refractivity contribution in [1.82, 2.24) is 15.0 Å². The standard InChI is InChI=1S/C17H17N3O5S/c1-25-17-13(6-4-10-18-17)16(22)20-26(23,24)14-7-3-2-5-12(14)15(21)19-11-8-9-11/h2-7,10-11H,8-9H2,1H3,(H,19,21)(H,20,22). The molecule has 0 saturated heterocycles. The van der Waals surface area contributed by atoms with Gasteiger partial charge in [-0.05, 0) is 37.1 Å². The van der Waals surface area contributed by atoms with Gasteiger partial charge in [-0.3, -0.25) is 9.59 Å². The molecule has 0 bridgehead atoms. The van der Waals surface area contributed by atoms with Crippen molar-refractivity contribution in [2.45, 2.75) is 23.8 Å². The molecular formula is C17H17N3O5S. The molecule has 1 fully saturated rings. The highest BCUT2D eigenvalue weighted by molar-refractivity contribution is 7.90. The van der Waals surface area contributed by atoms with Crippen LogP contribution in [0.25, 0.3) is 0 Å². The highest BCUT2D eigenvalue weighted by atomic mass is 32.2. The van der Waals surface area contributed by atoms with Crippen molar-refractivity contribution < 1.29 is 22.7 Å². The number of rotatable bonds is 6. The fourth-order valence-corrected chi connectivity index (χ4v) is 3.51. The summed E-state index contributed by atoms with van der Waals surface area (Å²) >= 11 is 0. The molecule has 26 heavy (non-hydrogen) atoms. The Morgan fingerprint density at radius 3 is 2.46 bits per heavy atom. The number of methoxy groups -OCH3 is 1. The van der Waals surface area contributed by atoms with Gasteiger partial charge in [0.25, 0.3) is 21.8 Å². The number of amides is 2. The number of aromatic nitrogens is 1. The van der Waals surface area contributed by atoms with E-state index in [1.165, 1.54) is 43.6 Å². The van der Waals surface area contributed by atoms with Gasteiger partial charge in [-0.15, -0.1) is 0 Å². The average molecular weight is 375 g/mol. The number of ether oxygens (including phenoxy) is 1. The summed E-state index contributed by atoms with van der Waals surface area (Å²) in [5.41, 5.74) is -0.0451. The molecule has 0 radical (unpaired) electrons. The van der Waals surface area contributed by atoms with Crippen LogP contribution in [0.2, 0.25) is 0 Å². The maximum atomic E-state index is 12.7. The Labute approximate surface area is 150 Å². The number of carbonyl (C=O) groups excluding carboxylic acids is 2. The second-order valence-electron chi connectivity index (χ2n) is 5.74. The van der Waals surface area contributed by atoms with Crippen LogP contribution < -0.4 is 14.8 Å². The number of sulfonamides is 1. The van der Waals surface area contributed by atoms with Crippen molar-refractivity contribution in [2.75, 3.05) is 7.11 Å². The molecule has 1 aromatic heterocycles. The quantitative estimate of drug-likeness (QED) is 0.781. The predicted octanol–water partition coefficient (Wildman–Crippen LogP) is 1.10. The van der Waals surface area contributed by atoms with E-state index in [0.29, 0.717) is 0 Å². The molecule has 1 aliphatic rings. The summed E-state index contributed by atoms with van der Waals surface area (Å²) in [4.78, 5) is 28.3. The van der Waals surface area contributed by atoms with E-state index in [-0.39, 0.29) is 27.9 Å². The zero-order valence-electron chi connectivity index (χ0n) is 13.9. The Kier molecular flexibility index (Phi) is 4.90. The second kappa shape index (κ2) is 7.12. The molecule has 1 aromatic carbocycles. The van der Waals surface area contributed by atoms with E-state index in [1.807, 2.05) is 4.72 Å². The number of benzene rings is 1. The van der Waals surface area contributed by atoms with E-state index >= 15 is 0 Å². The van der Waals surface area contributed by atoms with Crippen LogP contribution in [0, 0.1) is 0 Å². The van der Waals surface area contributed by atoms with Gasteiger partial charge in [0.2, 0.25) is 5.88 Å². The normalized spacial score (nSPS) is 13.7. The highest BCUT2D eigenvalue weighted by Gasteiger charge is 2.29. The fourth-order valence-electron chi connectivity index (χ4n) is 2.34. The molecule has 136 valence electrons. The molecule has 8 nitrogen and oxygen atoms in total. The molecule has 0 aliphatic heterocycles. The zero-order chi connectivity index (χ0) is 18.7. The Morgan fingerprint density at radius 2 is 1.77 bits per heavy atom. The largest absolute Gasteiger partial charge is 0.480 e. The molecule has 0 spiro atoms. The maximum absolute atomic E-state index is 12.7. The van der Waals surface area contributed by atoms with Gasteiger partial charge in [0.1, 0.15) is 10.5 Å². The van der Waals surface area contributed by atoms with Crippen LogP contribution in [0.15, 0.2) is 47.5 Å². The summed E-state index contributed by atoms with van der Waals surface area (Å²) in [6.45, 7) is 0. The summed E-state index contributed by atoms with van der Waals surface area (Å²) in [6, 6.07) is 8.68. The van der Waals surface area contributed by atoms with Gasteiger partial charge in [-0.25, -0.2) is 18.1 Å². The average Bonchev–Trinajstić information content (AvgIpc) is 3.45. The molecule has 1 saturated carbocycles. The number of hydrogen-bond acceptors (Lipinski definition) is 6. The molecule has 2 aromatic rings. The van der Waals surface area contributed by atoms with E-state index < -0.39 is 21.8 Å². The molecule has 3 rings (SSSR count). The van der Waals surface area contributed by atoms with Gasteiger partial charge < -0.3 is 10.1 Å². The van der Waals surface area contributed by atoms with Crippen molar-refractivity contribution in [3.8, 4) is 5.88 Å². The smallest absolute Gasteiger partial charge is 0.270 e. The van der Waals surface area contributed by atoms with E-state index in [4.69, 9.17) is 4.74 Å². The van der Waals surface area contributed by atoms with E-state index in [0.717, 1.165) is 12.8 Å². The van der Waals surface area contributed by atoms with Crippen molar-refractivity contribution in [2.24, 2.45) is 0 Å². The van der Waals surface area contributed by atoms with Crippen molar-refractivity contribution >= 4 is 21.8 Å². The first-order valence-electron chi connectivity index (χ1n) is 7.88. The van der Waals surface area contributed by atoms with Gasteiger partial charge in [0.05, 0.1) is 12.7 Å². The maximum Gasteiger partial charge on any atom is 0.270 e. The van der Waals surface area contributed by atoms with Crippen molar-refractivity contribution in [3.05, 3.63) is 53.7 Å². The number of nitrogens with zero attached hydrogens (tertiary/aromatic N) is 1. The van der Waals surface area contributed by atoms with Gasteiger partial charge in [-0.1, -0.05) is 12.1 Å². The van der Waals surface area contributed by atoms with Crippen LogP contribution in [-0.4, -0.2) is 38.4 Å². The Balaban J connectivity index is 1.88. The number of carbonyl (C=O) groups is 2. The molecule has 1 aliphatic carbocycles. The SMILES string of the molecule is COc1ncccc1C(=O)NS(=O)(=O)c1ccccc1C(=O)NC1CC1. The Bertz CT molecular complexity index is 954. The van der Waals surface area contributed by atoms with Crippen LogP contribution in [0.5, 0.6) is 5.88 Å². The summed E-state index contributed by atoms with van der Waals surface area (Å²) in [6.07, 6.45) is 3.16. The second-order valence-corrected chi connectivity index (χ2v) is 7.39. The molecule has 9 heteroatoms. The monoisotopic (exact) mass is 375 g/mol. The predicted molar refractivity (Wildman–Crippen MR) is 92.4 cm³/mol. The van der Waals surface area contributed by atoms with Crippen LogP contribution in [0.1, 0.15) is 33.6 Å². The molecule has 0 unspecified atom stereocenters. The van der Waals surface area contributed by atoms with Crippen LogP contribution in [0.4, 0.5) is 0 Å². The van der Waals surface area contributed by atoms with Crippen LogP contribution >= 0.6 is 0 Å². The lowest BCUT2D eigenvalue weighted by molar-refractivity contribution is 0.0943. The third-order valence-corrected chi connectivity index (χ3v) is 5.16. The summed E-state index contributed by atoms with van der Waals surface area (Å²) in [5.74, 6) is -1.38. The van der Waals surface area contributed by atoms with Gasteiger partial charge in [0, 0.05) is 12.2 Å². The lowest BCUT2D eigenvalue weighted by atomic mass is 10.2. The fraction of sp³-hybridized carbons (Fsp3) is 0.235. The highest BCUT2D eigenvalue weighted by Crippen LogP contribution is 2.22. The van der Waals surface area contributed by atoms with Crippen molar-refractivity contribution in [3.63, 3.8) is 0 Å². The molecular weight excluding hydrogens is 358 g/mol. The lowest BCUT2D eigenvalue weighted by Gasteiger charge is -2.12. The van der Waals surface area contributed by atoms with Crippen LogP contribution in [-0.2, 0) is 10.0 Å². The summed E-state index contributed by atoms with van der Waals surface area (Å²) < 4.78 is 32.3. The minimum Gasteiger partial charge on any atom is -0.480 e. The van der Waals surface area contributed by atoms with Crippen molar-refractivity contribution in [1.29, 1.82) is 0 Å². The lowest BCUT2D eigenvalue weighted by Crippen LogP contribution is -2.33. The zero-order valence-corrected chi connectivity index (χ0v) is 14.7. The van der Waals surface area contributed by atoms with E-state index in [1.54, 1.807) is 6.07 Å². The third-order valence-electron chi connectivity index (χ3n) is 3.77. The Hall–Kier alpha value is -2.94. The topological polar surface area (TPSA) is 114 Å². The first kappa shape index (κ1) is 17.9. The first-order valence-corrected chi connectivity index (χ1v) is 9.37. The first-order chi connectivity index (χ1) is 12.4. The molecule has 1 heterocycles. The molecule has 0 atom stereocenters. The minimum absolute atomic E-state index is 0.0000356. The summed E-state index contributed by atoms with van der Waals surface area (Å²) in [7, 11) is -2.94. The van der Waals surface area contributed by atoms with Crippen LogP contribution in [0.3, 0.4) is 0 Å².